The Morgan fingerprint density at radius 1 is 0.951 bits per heavy atom. The van der Waals surface area contributed by atoms with Crippen molar-refractivity contribution < 1.29 is 26.8 Å². The van der Waals surface area contributed by atoms with Gasteiger partial charge in [-0.15, -0.1) is 0 Å². The molecule has 0 bridgehead atoms. The van der Waals surface area contributed by atoms with Crippen molar-refractivity contribution in [3.05, 3.63) is 101 Å². The van der Waals surface area contributed by atoms with Gasteiger partial charge in [-0.2, -0.15) is 0 Å². The van der Waals surface area contributed by atoms with Crippen LogP contribution in [0.4, 0.5) is 14.5 Å². The molecule has 2 amide bonds. The predicted octanol–water partition coefficient (Wildman–Crippen LogP) is 5.08. The van der Waals surface area contributed by atoms with E-state index in [1.165, 1.54) is 4.90 Å². The number of sulfonamides is 1. The Labute approximate surface area is 244 Å². The molecule has 1 aliphatic rings. The van der Waals surface area contributed by atoms with Crippen LogP contribution in [0.3, 0.4) is 0 Å². The summed E-state index contributed by atoms with van der Waals surface area (Å²) in [5, 5.41) is 3.51. The van der Waals surface area contributed by atoms with Crippen molar-refractivity contribution >= 4 is 39.1 Å². The minimum atomic E-state index is -4.10. The van der Waals surface area contributed by atoms with Gasteiger partial charge in [0.25, 0.3) is 0 Å². The summed E-state index contributed by atoms with van der Waals surface area (Å²) < 4.78 is 53.9. The lowest BCUT2D eigenvalue weighted by atomic mass is 10.0. The van der Waals surface area contributed by atoms with E-state index in [9.17, 15) is 26.8 Å². The van der Waals surface area contributed by atoms with Crippen LogP contribution in [0.15, 0.2) is 72.8 Å². The first-order valence-corrected chi connectivity index (χ1v) is 15.5. The van der Waals surface area contributed by atoms with Crippen molar-refractivity contribution in [3.8, 4) is 0 Å². The van der Waals surface area contributed by atoms with Crippen LogP contribution in [-0.4, -0.2) is 50.0 Å². The smallest absolute Gasteiger partial charge is 0.244 e. The molecule has 1 fully saturated rings. The van der Waals surface area contributed by atoms with E-state index in [4.69, 9.17) is 11.6 Å². The molecule has 0 unspecified atom stereocenters. The Balaban J connectivity index is 1.73. The van der Waals surface area contributed by atoms with E-state index in [-0.39, 0.29) is 30.6 Å². The van der Waals surface area contributed by atoms with E-state index < -0.39 is 40.2 Å². The molecule has 41 heavy (non-hydrogen) atoms. The summed E-state index contributed by atoms with van der Waals surface area (Å²) in [5.74, 6) is -3.45. The fourth-order valence-electron chi connectivity index (χ4n) is 5.01. The first-order valence-electron chi connectivity index (χ1n) is 13.3. The zero-order chi connectivity index (χ0) is 29.6. The van der Waals surface area contributed by atoms with Crippen LogP contribution in [0.25, 0.3) is 0 Å². The molecule has 11 heteroatoms. The van der Waals surface area contributed by atoms with Crippen molar-refractivity contribution in [1.29, 1.82) is 0 Å². The summed E-state index contributed by atoms with van der Waals surface area (Å²) >= 11 is 6.21. The summed E-state index contributed by atoms with van der Waals surface area (Å²) in [6.45, 7) is -0.767. The number of hydrogen-bond acceptors (Lipinski definition) is 4. The molecule has 4 rings (SSSR count). The van der Waals surface area contributed by atoms with Gasteiger partial charge in [-0.25, -0.2) is 17.2 Å². The second-order valence-electron chi connectivity index (χ2n) is 10.2. The van der Waals surface area contributed by atoms with E-state index >= 15 is 0 Å². The molecule has 3 aromatic carbocycles. The Bertz CT molecular complexity index is 1480. The third kappa shape index (κ3) is 8.27. The van der Waals surface area contributed by atoms with E-state index in [0.717, 1.165) is 55.7 Å². The van der Waals surface area contributed by atoms with Gasteiger partial charge in [-0.05, 0) is 48.2 Å². The van der Waals surface area contributed by atoms with Crippen LogP contribution in [0.5, 0.6) is 0 Å². The average Bonchev–Trinajstić information content (AvgIpc) is 3.44. The number of nitrogens with one attached hydrogen (secondary N) is 1. The van der Waals surface area contributed by atoms with Gasteiger partial charge in [-0.1, -0.05) is 66.9 Å². The topological polar surface area (TPSA) is 86.8 Å². The normalized spacial score (nSPS) is 14.4. The van der Waals surface area contributed by atoms with Gasteiger partial charge in [0, 0.05) is 30.1 Å². The highest BCUT2D eigenvalue weighted by atomic mass is 35.5. The molecule has 1 N–H and O–H groups in total. The first kappa shape index (κ1) is 30.5. The maximum absolute atomic E-state index is 14.1. The molecule has 3 aromatic rings. The van der Waals surface area contributed by atoms with Gasteiger partial charge < -0.3 is 10.2 Å². The second kappa shape index (κ2) is 13.4. The van der Waals surface area contributed by atoms with E-state index in [0.29, 0.717) is 14.9 Å². The SMILES string of the molecule is CS(=O)(=O)N(CC(=O)N(Cc1cccc(Cl)c1)[C@@H](Cc1ccccc1)C(=O)NC1CCCC1)c1ccc(F)c(F)c1. The fourth-order valence-corrected chi connectivity index (χ4v) is 6.06. The van der Waals surface area contributed by atoms with Crippen LogP contribution in [0, 0.1) is 11.6 Å². The summed E-state index contributed by atoms with van der Waals surface area (Å²) in [6.07, 6.45) is 4.72. The molecule has 0 radical (unpaired) electrons. The van der Waals surface area contributed by atoms with Crippen LogP contribution >= 0.6 is 11.6 Å². The van der Waals surface area contributed by atoms with Crippen molar-refractivity contribution in [3.63, 3.8) is 0 Å². The number of rotatable bonds is 11. The predicted molar refractivity (Wildman–Crippen MR) is 155 cm³/mol. The Hall–Kier alpha value is -3.50. The molecule has 0 saturated heterocycles. The van der Waals surface area contributed by atoms with Crippen molar-refractivity contribution in [2.45, 2.75) is 50.7 Å². The Morgan fingerprint density at radius 3 is 2.27 bits per heavy atom. The van der Waals surface area contributed by atoms with Crippen molar-refractivity contribution in [2.75, 3.05) is 17.1 Å². The number of benzene rings is 3. The molecule has 1 saturated carbocycles. The van der Waals surface area contributed by atoms with Crippen LogP contribution in [-0.2, 0) is 32.6 Å². The fraction of sp³-hybridized carbons (Fsp3) is 0.333. The van der Waals surface area contributed by atoms with Crippen molar-refractivity contribution in [2.24, 2.45) is 0 Å². The van der Waals surface area contributed by atoms with Crippen LogP contribution in [0.2, 0.25) is 5.02 Å². The minimum absolute atomic E-state index is 0.0152. The molecular formula is C30H32ClF2N3O4S. The number of carbonyl (C=O) groups excluding carboxylic acids is 2. The number of nitrogens with zero attached hydrogens (tertiary/aromatic N) is 2. The lowest BCUT2D eigenvalue weighted by Gasteiger charge is -2.34. The quantitative estimate of drug-likeness (QED) is 0.331. The van der Waals surface area contributed by atoms with E-state index in [1.54, 1.807) is 24.3 Å². The Morgan fingerprint density at radius 2 is 1.63 bits per heavy atom. The monoisotopic (exact) mass is 603 g/mol. The summed E-state index contributed by atoms with van der Waals surface area (Å²) in [4.78, 5) is 29.1. The van der Waals surface area contributed by atoms with Gasteiger partial charge in [0.2, 0.25) is 21.8 Å². The van der Waals surface area contributed by atoms with Crippen LogP contribution in [0.1, 0.15) is 36.8 Å². The molecule has 0 heterocycles. The van der Waals surface area contributed by atoms with Gasteiger partial charge in [-0.3, -0.25) is 13.9 Å². The molecule has 0 spiro atoms. The number of halogens is 3. The number of hydrogen-bond donors (Lipinski definition) is 1. The van der Waals surface area contributed by atoms with Crippen molar-refractivity contribution in [1.82, 2.24) is 10.2 Å². The highest BCUT2D eigenvalue weighted by molar-refractivity contribution is 7.92. The van der Waals surface area contributed by atoms with Gasteiger partial charge in [0.15, 0.2) is 11.6 Å². The second-order valence-corrected chi connectivity index (χ2v) is 12.6. The van der Waals surface area contributed by atoms with Gasteiger partial charge in [0.1, 0.15) is 12.6 Å². The average molecular weight is 604 g/mol. The molecule has 1 atom stereocenters. The zero-order valence-electron chi connectivity index (χ0n) is 22.6. The molecule has 1 aliphatic carbocycles. The first-order chi connectivity index (χ1) is 19.5. The lowest BCUT2D eigenvalue weighted by molar-refractivity contribution is -0.140. The molecule has 7 nitrogen and oxygen atoms in total. The molecule has 0 aliphatic heterocycles. The Kier molecular flexibility index (Phi) is 9.99. The van der Waals surface area contributed by atoms with E-state index in [1.807, 2.05) is 30.3 Å². The zero-order valence-corrected chi connectivity index (χ0v) is 24.2. The third-order valence-electron chi connectivity index (χ3n) is 7.08. The minimum Gasteiger partial charge on any atom is -0.352 e. The maximum Gasteiger partial charge on any atom is 0.244 e. The largest absolute Gasteiger partial charge is 0.352 e. The highest BCUT2D eigenvalue weighted by Gasteiger charge is 2.34. The number of anilines is 1. The number of amides is 2. The maximum atomic E-state index is 14.1. The number of carbonyl (C=O) groups is 2. The summed E-state index contributed by atoms with van der Waals surface area (Å²) in [5.41, 5.74) is 1.23. The molecular weight excluding hydrogens is 572 g/mol. The van der Waals surface area contributed by atoms with Crippen LogP contribution < -0.4 is 9.62 Å². The summed E-state index contributed by atoms with van der Waals surface area (Å²) in [7, 11) is -4.10. The van der Waals surface area contributed by atoms with Gasteiger partial charge in [0.05, 0.1) is 11.9 Å². The third-order valence-corrected chi connectivity index (χ3v) is 8.46. The van der Waals surface area contributed by atoms with Gasteiger partial charge >= 0.3 is 0 Å². The standard InChI is InChI=1S/C30H32ClF2N3O4S/c1-41(39,40)36(25-14-15-26(32)27(33)18-25)20-29(37)35(19-22-10-7-11-23(31)16-22)28(17-21-8-3-2-4-9-21)30(38)34-24-12-5-6-13-24/h2-4,7-11,14-16,18,24,28H,5-6,12-13,17,19-20H2,1H3,(H,34,38)/t28-/m0/s1. The highest BCUT2D eigenvalue weighted by Crippen LogP contribution is 2.24. The lowest BCUT2D eigenvalue weighted by Crippen LogP contribution is -2.54. The molecule has 0 aromatic heterocycles. The summed E-state index contributed by atoms with van der Waals surface area (Å²) in [6, 6.07) is 17.6. The van der Waals surface area contributed by atoms with E-state index in [2.05, 4.69) is 5.32 Å². The molecule has 218 valence electrons.